The molecule has 7 rings (SSSR count). The van der Waals surface area contributed by atoms with E-state index in [9.17, 15) is 29.5 Å². The number of hydrogen-bond donors (Lipinski definition) is 5. The molecule has 0 spiro atoms. The van der Waals surface area contributed by atoms with Gasteiger partial charge in [0.15, 0.2) is 0 Å². The summed E-state index contributed by atoms with van der Waals surface area (Å²) in [5, 5.41) is 32.2. The van der Waals surface area contributed by atoms with Crippen LogP contribution in [0.4, 0.5) is 5.82 Å². The number of aryl methyl sites for hydroxylation is 1. The van der Waals surface area contributed by atoms with Crippen molar-refractivity contribution < 1.29 is 33.8 Å². The van der Waals surface area contributed by atoms with Gasteiger partial charge in [-0.25, -0.2) is 9.97 Å². The van der Waals surface area contributed by atoms with E-state index in [0.29, 0.717) is 40.0 Å². The van der Waals surface area contributed by atoms with Crippen LogP contribution < -0.4 is 26.0 Å². The summed E-state index contributed by atoms with van der Waals surface area (Å²) in [6.45, 7) is 16.0. The average molecular weight is 991 g/mol. The minimum Gasteiger partial charge on any atom is -0.489 e. The molecule has 4 heterocycles. The molecular weight excluding hydrogens is 930 g/mol. The van der Waals surface area contributed by atoms with Gasteiger partial charge in [0, 0.05) is 71.5 Å². The lowest BCUT2D eigenvalue weighted by molar-refractivity contribution is -0.164. The number of aliphatic hydroxyl groups is 1. The quantitative estimate of drug-likeness (QED) is 0.0598. The third kappa shape index (κ3) is 11.6. The van der Waals surface area contributed by atoms with Crippen molar-refractivity contribution in [1.82, 2.24) is 35.8 Å². The van der Waals surface area contributed by atoms with E-state index in [-0.39, 0.29) is 50.8 Å². The van der Waals surface area contributed by atoms with Crippen LogP contribution in [-0.2, 0) is 25.7 Å². The Morgan fingerprint density at radius 1 is 0.957 bits per heavy atom. The number of β-amino-alcohol motifs (C(OH)–C–C–N with tert-alkyl or cyclic N) is 1. The van der Waals surface area contributed by atoms with E-state index in [1.165, 1.54) is 16.2 Å². The van der Waals surface area contributed by atoms with Crippen molar-refractivity contribution in [3.05, 3.63) is 112 Å². The molecule has 0 bridgehead atoms. The van der Waals surface area contributed by atoms with Crippen molar-refractivity contribution in [3.63, 3.8) is 0 Å². The maximum atomic E-state index is 14.0. The molecule has 1 aliphatic carbocycles. The van der Waals surface area contributed by atoms with Gasteiger partial charge < -0.3 is 40.7 Å². The van der Waals surface area contributed by atoms with Crippen LogP contribution in [-0.4, -0.2) is 105 Å². The summed E-state index contributed by atoms with van der Waals surface area (Å²) in [4.78, 5) is 69.7. The molecule has 3 aromatic heterocycles. The predicted octanol–water partition coefficient (Wildman–Crippen LogP) is 6.95. The number of pyridine rings is 2. The lowest BCUT2D eigenvalue weighted by Gasteiger charge is -2.63. The standard InChI is InChI=1S/C52H60ClN9O7S/c1-30-43(70-29-59-30)35-13-16-36(56-25-35)26-58-46(66)40-21-37(63)27-62(40)47(67)44(50(2,3)4)60-42(64)28-68-20-19-55-41-18-15-34(24-57-41)31-9-11-32(12-10-31)45(65)61-48-51(5,6)49(52(48,7)8)69-38-17-14-33(23-54)39(53)22-38/h9-18,22,24-25,29,37,40,44,48-49,63H,19-21,26-28H2,1-8H3,(H,55,57)(H,58,66)(H,60,64)(H,61,65)/t37-,40+,44-,48?,49?/m1/s1. The lowest BCUT2D eigenvalue weighted by atomic mass is 9.49. The van der Waals surface area contributed by atoms with Crippen LogP contribution in [0.2, 0.25) is 5.02 Å². The number of nitriles is 1. The molecule has 3 atom stereocenters. The molecule has 5 aromatic rings. The summed E-state index contributed by atoms with van der Waals surface area (Å²) < 4.78 is 12.0. The fraction of sp³-hybridized carbons (Fsp3) is 0.423. The van der Waals surface area contributed by atoms with E-state index < -0.39 is 52.2 Å². The normalized spacial score (nSPS) is 19.5. The molecule has 18 heteroatoms. The van der Waals surface area contributed by atoms with Gasteiger partial charge >= 0.3 is 0 Å². The third-order valence-corrected chi connectivity index (χ3v) is 14.3. The molecule has 70 heavy (non-hydrogen) atoms. The van der Waals surface area contributed by atoms with Gasteiger partial charge in [-0.2, -0.15) is 5.26 Å². The first-order valence-electron chi connectivity index (χ1n) is 23.1. The highest BCUT2D eigenvalue weighted by Gasteiger charge is 2.64. The molecule has 0 unspecified atom stereocenters. The minimum absolute atomic E-state index is 0.0418. The van der Waals surface area contributed by atoms with Gasteiger partial charge in [0.1, 0.15) is 42.4 Å². The fourth-order valence-electron chi connectivity index (χ4n) is 9.57. The second-order valence-electron chi connectivity index (χ2n) is 20.1. The van der Waals surface area contributed by atoms with Gasteiger partial charge in [-0.05, 0) is 60.4 Å². The van der Waals surface area contributed by atoms with Gasteiger partial charge in [-0.15, -0.1) is 11.3 Å². The molecular formula is C52H60ClN9O7S. The first-order valence-corrected chi connectivity index (χ1v) is 24.4. The highest BCUT2D eigenvalue weighted by atomic mass is 35.5. The Bertz CT molecular complexity index is 2720. The van der Waals surface area contributed by atoms with E-state index in [1.54, 1.807) is 48.2 Å². The smallest absolute Gasteiger partial charge is 0.251 e. The Morgan fingerprint density at radius 2 is 1.66 bits per heavy atom. The van der Waals surface area contributed by atoms with Crippen LogP contribution in [0, 0.1) is 34.5 Å². The molecule has 16 nitrogen and oxygen atoms in total. The first-order chi connectivity index (χ1) is 33.2. The lowest BCUT2D eigenvalue weighted by Crippen LogP contribution is -2.74. The SMILES string of the molecule is Cc1ncsc1-c1ccc(CNC(=O)[C@@H]2C[C@@H](O)CN2C(=O)[C@@H](NC(=O)COCCNc2ccc(-c3ccc(C(=O)NC4C(C)(C)C(Oc5ccc(C#N)c(Cl)c5)C4(C)C)cc3)cn2)C(C)(C)C)nc1. The van der Waals surface area contributed by atoms with Crippen LogP contribution in [0.15, 0.2) is 84.6 Å². The number of rotatable bonds is 17. The van der Waals surface area contributed by atoms with Crippen molar-refractivity contribution in [2.24, 2.45) is 16.2 Å². The summed E-state index contributed by atoms with van der Waals surface area (Å²) in [6.07, 6.45) is 2.41. The number of hydrogen-bond acceptors (Lipinski definition) is 13. The Hall–Kier alpha value is -6.45. The maximum absolute atomic E-state index is 14.0. The van der Waals surface area contributed by atoms with Crippen LogP contribution in [0.1, 0.15) is 82.2 Å². The van der Waals surface area contributed by atoms with E-state index in [1.807, 2.05) is 64.1 Å². The summed E-state index contributed by atoms with van der Waals surface area (Å²) in [5.74, 6) is -0.402. The Morgan fingerprint density at radius 3 is 2.27 bits per heavy atom. The van der Waals surface area contributed by atoms with Crippen molar-refractivity contribution in [1.29, 1.82) is 5.26 Å². The molecule has 0 radical (unpaired) electrons. The Balaban J connectivity index is 0.839. The molecule has 1 aliphatic heterocycles. The summed E-state index contributed by atoms with van der Waals surface area (Å²) in [5.41, 5.74) is 5.39. The number of carbonyl (C=O) groups is 4. The number of carbonyl (C=O) groups excluding carboxylic acids is 4. The van der Waals surface area contributed by atoms with E-state index in [4.69, 9.17) is 21.1 Å². The number of benzene rings is 2. The molecule has 1 saturated carbocycles. The predicted molar refractivity (Wildman–Crippen MR) is 268 cm³/mol. The summed E-state index contributed by atoms with van der Waals surface area (Å²) in [7, 11) is 0. The topological polar surface area (TPSA) is 221 Å². The number of amides is 4. The van der Waals surface area contributed by atoms with Gasteiger partial charge in [-0.3, -0.25) is 24.2 Å². The number of aliphatic hydroxyl groups excluding tert-OH is 1. The van der Waals surface area contributed by atoms with Crippen LogP contribution in [0.5, 0.6) is 5.75 Å². The molecule has 2 fully saturated rings. The molecule has 2 aliphatic rings. The second-order valence-corrected chi connectivity index (χ2v) is 21.3. The van der Waals surface area contributed by atoms with Gasteiger partial charge in [0.25, 0.3) is 5.91 Å². The van der Waals surface area contributed by atoms with E-state index in [0.717, 1.165) is 27.3 Å². The number of likely N-dealkylation sites (tertiary alicyclic amines) is 1. The zero-order valence-corrected chi connectivity index (χ0v) is 42.2. The van der Waals surface area contributed by atoms with E-state index in [2.05, 4.69) is 70.0 Å². The largest absolute Gasteiger partial charge is 0.489 e. The highest BCUT2D eigenvalue weighted by molar-refractivity contribution is 7.13. The monoisotopic (exact) mass is 989 g/mol. The summed E-state index contributed by atoms with van der Waals surface area (Å²) >= 11 is 7.78. The highest BCUT2D eigenvalue weighted by Crippen LogP contribution is 2.55. The van der Waals surface area contributed by atoms with Crippen LogP contribution in [0.3, 0.4) is 0 Å². The van der Waals surface area contributed by atoms with Gasteiger partial charge in [-0.1, -0.05) is 78.3 Å². The zero-order chi connectivity index (χ0) is 50.5. The number of ether oxygens (including phenoxy) is 2. The van der Waals surface area contributed by atoms with Gasteiger partial charge in [0.2, 0.25) is 17.7 Å². The zero-order valence-electron chi connectivity index (χ0n) is 40.6. The maximum Gasteiger partial charge on any atom is 0.251 e. The number of aromatic nitrogens is 3. The molecule has 1 saturated heterocycles. The number of nitrogens with zero attached hydrogens (tertiary/aromatic N) is 5. The van der Waals surface area contributed by atoms with Crippen LogP contribution >= 0.6 is 22.9 Å². The third-order valence-electron chi connectivity index (χ3n) is 13.0. The molecule has 2 aromatic carbocycles. The van der Waals surface area contributed by atoms with Crippen molar-refractivity contribution in [2.75, 3.05) is 31.6 Å². The molecule has 368 valence electrons. The number of halogens is 1. The van der Waals surface area contributed by atoms with Crippen molar-refractivity contribution in [2.45, 2.75) is 98.7 Å². The fourth-order valence-corrected chi connectivity index (χ4v) is 10.6. The minimum atomic E-state index is -0.993. The first kappa shape index (κ1) is 51.4. The number of anilines is 1. The van der Waals surface area contributed by atoms with Crippen LogP contribution in [0.25, 0.3) is 21.6 Å². The summed E-state index contributed by atoms with van der Waals surface area (Å²) in [6, 6.07) is 19.8. The molecule has 5 N–H and O–H groups in total. The number of nitrogens with one attached hydrogen (secondary N) is 4. The average Bonchev–Trinajstić information content (AvgIpc) is 3.95. The number of thiazole rings is 1. The van der Waals surface area contributed by atoms with Gasteiger partial charge in [0.05, 0.1) is 51.6 Å². The second kappa shape index (κ2) is 21.3. The Kier molecular flexibility index (Phi) is 15.6. The van der Waals surface area contributed by atoms with E-state index >= 15 is 0 Å². The molecule has 4 amide bonds. The van der Waals surface area contributed by atoms with Crippen molar-refractivity contribution >= 4 is 52.4 Å². The van der Waals surface area contributed by atoms with Crippen molar-refractivity contribution in [3.8, 4) is 33.4 Å². The Labute approximate surface area is 417 Å².